The van der Waals surface area contributed by atoms with Crippen LogP contribution in [-0.2, 0) is 16.1 Å². The van der Waals surface area contributed by atoms with Crippen LogP contribution < -0.4 is 15.4 Å². The highest BCUT2D eigenvalue weighted by atomic mass is 35.5. The molecule has 3 rings (SSSR count). The first-order valence-electron chi connectivity index (χ1n) is 9.15. The molecule has 2 aromatic rings. The molecule has 152 valence electrons. The van der Waals surface area contributed by atoms with Gasteiger partial charge in [0.25, 0.3) is 0 Å². The molecule has 1 atom stereocenters. The number of aryl methyl sites for hydroxylation is 2. The van der Waals surface area contributed by atoms with Crippen LogP contribution in [0.2, 0.25) is 5.02 Å². The van der Waals surface area contributed by atoms with E-state index in [1.54, 1.807) is 19.1 Å². The Kier molecular flexibility index (Phi) is 6.13. The fourth-order valence-electron chi connectivity index (χ4n) is 3.41. The molecule has 2 aromatic carbocycles. The molecule has 2 N–H and O–H groups in total. The van der Waals surface area contributed by atoms with Crippen molar-refractivity contribution in [2.75, 3.05) is 7.11 Å². The van der Waals surface area contributed by atoms with E-state index in [2.05, 4.69) is 10.6 Å². The maximum Gasteiger partial charge on any atom is 0.337 e. The van der Waals surface area contributed by atoms with Crippen molar-refractivity contribution in [2.45, 2.75) is 33.4 Å². The molecular formula is C22H23ClN2O4. The van der Waals surface area contributed by atoms with E-state index in [1.165, 1.54) is 7.11 Å². The molecule has 1 heterocycles. The molecule has 7 heteroatoms. The predicted molar refractivity (Wildman–Crippen MR) is 111 cm³/mol. The molecule has 2 amide bonds. The average molecular weight is 415 g/mol. The van der Waals surface area contributed by atoms with Gasteiger partial charge in [-0.25, -0.2) is 9.59 Å². The lowest BCUT2D eigenvalue weighted by molar-refractivity contribution is -0.136. The summed E-state index contributed by atoms with van der Waals surface area (Å²) in [6.45, 7) is 5.92. The Balaban J connectivity index is 1.98. The van der Waals surface area contributed by atoms with Gasteiger partial charge in [0, 0.05) is 5.70 Å². The molecular weight excluding hydrogens is 392 g/mol. The summed E-state index contributed by atoms with van der Waals surface area (Å²) in [6.07, 6.45) is 0. The number of benzene rings is 2. The number of allylic oxidation sites excluding steroid dienone is 1. The maximum atomic E-state index is 12.4. The summed E-state index contributed by atoms with van der Waals surface area (Å²) < 4.78 is 10.8. The van der Waals surface area contributed by atoms with Gasteiger partial charge in [-0.05, 0) is 61.2 Å². The van der Waals surface area contributed by atoms with E-state index in [1.807, 2.05) is 38.1 Å². The second kappa shape index (κ2) is 8.57. The molecule has 0 bridgehead atoms. The number of para-hydroxylation sites is 1. The van der Waals surface area contributed by atoms with Gasteiger partial charge in [0.2, 0.25) is 0 Å². The van der Waals surface area contributed by atoms with Gasteiger partial charge in [-0.3, -0.25) is 0 Å². The zero-order chi connectivity index (χ0) is 21.1. The van der Waals surface area contributed by atoms with Gasteiger partial charge in [0.1, 0.15) is 12.4 Å². The van der Waals surface area contributed by atoms with Crippen molar-refractivity contribution >= 4 is 23.6 Å². The Morgan fingerprint density at radius 1 is 1.14 bits per heavy atom. The monoisotopic (exact) mass is 414 g/mol. The van der Waals surface area contributed by atoms with E-state index in [9.17, 15) is 9.59 Å². The summed E-state index contributed by atoms with van der Waals surface area (Å²) in [5, 5.41) is 6.00. The van der Waals surface area contributed by atoms with Gasteiger partial charge in [-0.15, -0.1) is 0 Å². The number of hydrogen-bond acceptors (Lipinski definition) is 4. The van der Waals surface area contributed by atoms with Crippen molar-refractivity contribution in [3.63, 3.8) is 0 Å². The van der Waals surface area contributed by atoms with Gasteiger partial charge < -0.3 is 20.1 Å². The lowest BCUT2D eigenvalue weighted by atomic mass is 9.89. The number of carbonyl (C=O) groups is 2. The fraction of sp³-hybridized carbons (Fsp3) is 0.273. The van der Waals surface area contributed by atoms with Gasteiger partial charge in [-0.1, -0.05) is 29.8 Å². The summed E-state index contributed by atoms with van der Waals surface area (Å²) >= 11 is 6.17. The Hall–Kier alpha value is -2.99. The average Bonchev–Trinajstić information content (AvgIpc) is 2.67. The quantitative estimate of drug-likeness (QED) is 0.713. The number of nitrogens with one attached hydrogen (secondary N) is 2. The number of halogens is 1. The standard InChI is InChI=1S/C22H23ClN2O4/c1-12-9-13(2)16(10-15(12)11-29-18-8-6-5-7-17(18)23)20-19(21(26)28-4)14(3)24-22(27)25-20/h5-10,20H,11H2,1-4H3,(H2,24,25,27). The molecule has 0 aromatic heterocycles. The highest BCUT2D eigenvalue weighted by Crippen LogP contribution is 2.32. The number of carbonyl (C=O) groups excluding carboxylic acids is 2. The highest BCUT2D eigenvalue weighted by Gasteiger charge is 2.33. The molecule has 1 unspecified atom stereocenters. The smallest absolute Gasteiger partial charge is 0.337 e. The molecule has 0 spiro atoms. The lowest BCUT2D eigenvalue weighted by Crippen LogP contribution is -2.45. The molecule has 0 saturated heterocycles. The van der Waals surface area contributed by atoms with Crippen molar-refractivity contribution in [1.29, 1.82) is 0 Å². The topological polar surface area (TPSA) is 76.7 Å². The van der Waals surface area contributed by atoms with Crippen LogP contribution in [-0.4, -0.2) is 19.1 Å². The molecule has 6 nitrogen and oxygen atoms in total. The summed E-state index contributed by atoms with van der Waals surface area (Å²) in [5.74, 6) is 0.102. The molecule has 0 fully saturated rings. The summed E-state index contributed by atoms with van der Waals surface area (Å²) in [4.78, 5) is 24.4. The zero-order valence-corrected chi connectivity index (χ0v) is 17.5. The molecule has 0 radical (unpaired) electrons. The Bertz CT molecular complexity index is 1000. The summed E-state index contributed by atoms with van der Waals surface area (Å²) in [6, 6.07) is 10.3. The second-order valence-corrected chi connectivity index (χ2v) is 7.32. The molecule has 29 heavy (non-hydrogen) atoms. The van der Waals surface area contributed by atoms with Crippen LogP contribution >= 0.6 is 11.6 Å². The van der Waals surface area contributed by atoms with Gasteiger partial charge in [0.15, 0.2) is 0 Å². The van der Waals surface area contributed by atoms with Crippen LogP contribution in [0.1, 0.15) is 35.2 Å². The van der Waals surface area contributed by atoms with E-state index < -0.39 is 12.0 Å². The normalized spacial score (nSPS) is 16.2. The van der Waals surface area contributed by atoms with Gasteiger partial charge >= 0.3 is 12.0 Å². The van der Waals surface area contributed by atoms with Crippen LogP contribution in [0.25, 0.3) is 0 Å². The first-order valence-corrected chi connectivity index (χ1v) is 9.53. The summed E-state index contributed by atoms with van der Waals surface area (Å²) in [5.41, 5.74) is 4.57. The third-order valence-electron chi connectivity index (χ3n) is 4.93. The van der Waals surface area contributed by atoms with E-state index >= 15 is 0 Å². The lowest BCUT2D eigenvalue weighted by Gasteiger charge is -2.29. The van der Waals surface area contributed by atoms with E-state index in [0.717, 1.165) is 22.3 Å². The maximum absolute atomic E-state index is 12.4. The van der Waals surface area contributed by atoms with Gasteiger partial charge in [-0.2, -0.15) is 0 Å². The van der Waals surface area contributed by atoms with E-state index in [4.69, 9.17) is 21.1 Å². The van der Waals surface area contributed by atoms with Crippen LogP contribution in [0.5, 0.6) is 5.75 Å². The highest BCUT2D eigenvalue weighted by molar-refractivity contribution is 6.32. The number of urea groups is 1. The number of hydrogen-bond donors (Lipinski definition) is 2. The molecule has 1 aliphatic heterocycles. The summed E-state index contributed by atoms with van der Waals surface area (Å²) in [7, 11) is 1.32. The largest absolute Gasteiger partial charge is 0.487 e. The van der Waals surface area contributed by atoms with E-state index in [-0.39, 0.29) is 6.03 Å². The zero-order valence-electron chi connectivity index (χ0n) is 16.8. The molecule has 0 aliphatic carbocycles. The third kappa shape index (κ3) is 4.38. The number of ether oxygens (including phenoxy) is 2. The minimum absolute atomic E-state index is 0.304. The number of methoxy groups -OCH3 is 1. The molecule has 0 saturated carbocycles. The minimum atomic E-state index is -0.615. The van der Waals surface area contributed by atoms with Crippen LogP contribution in [0.15, 0.2) is 47.7 Å². The Labute approximate surface area is 174 Å². The van der Waals surface area contributed by atoms with Crippen molar-refractivity contribution < 1.29 is 19.1 Å². The first-order chi connectivity index (χ1) is 13.8. The van der Waals surface area contributed by atoms with Crippen LogP contribution in [0.3, 0.4) is 0 Å². The van der Waals surface area contributed by atoms with E-state index in [0.29, 0.717) is 28.6 Å². The third-order valence-corrected chi connectivity index (χ3v) is 5.24. The molecule has 1 aliphatic rings. The second-order valence-electron chi connectivity index (χ2n) is 6.92. The SMILES string of the molecule is COC(=O)C1=C(C)NC(=O)NC1c1cc(COc2ccccc2Cl)c(C)cc1C. The predicted octanol–water partition coefficient (Wildman–Crippen LogP) is 4.34. The van der Waals surface area contributed by atoms with Crippen LogP contribution in [0, 0.1) is 13.8 Å². The van der Waals surface area contributed by atoms with Crippen molar-refractivity contribution in [2.24, 2.45) is 0 Å². The number of rotatable bonds is 5. The fourth-order valence-corrected chi connectivity index (χ4v) is 3.60. The Morgan fingerprint density at radius 3 is 2.55 bits per heavy atom. The van der Waals surface area contributed by atoms with Crippen LogP contribution in [0.4, 0.5) is 4.79 Å². The van der Waals surface area contributed by atoms with Crippen molar-refractivity contribution in [3.8, 4) is 5.75 Å². The first kappa shape index (κ1) is 20.7. The minimum Gasteiger partial charge on any atom is -0.487 e. The van der Waals surface area contributed by atoms with Crippen molar-refractivity contribution in [3.05, 3.63) is 74.9 Å². The Morgan fingerprint density at radius 2 is 1.86 bits per heavy atom. The number of amides is 2. The van der Waals surface area contributed by atoms with Gasteiger partial charge in [0.05, 0.1) is 23.7 Å². The number of esters is 1. The van der Waals surface area contributed by atoms with Crippen molar-refractivity contribution in [1.82, 2.24) is 10.6 Å².